The van der Waals surface area contributed by atoms with Crippen LogP contribution in [0.15, 0.2) is 5.38 Å². The van der Waals surface area contributed by atoms with Crippen molar-refractivity contribution in [2.75, 3.05) is 19.4 Å². The molecule has 2 N–H and O–H groups in total. The summed E-state index contributed by atoms with van der Waals surface area (Å²) in [7, 11) is 1.79. The number of carbonyl (C=O) groups is 1. The lowest BCUT2D eigenvalue weighted by Gasteiger charge is -2.25. The molecule has 2 heterocycles. The smallest absolute Gasteiger partial charge is 0.273 e. The Morgan fingerprint density at radius 3 is 3.00 bits per heavy atom. The number of carbonyl (C=O) groups excluding carboxylic acids is 1. The quantitative estimate of drug-likeness (QED) is 0.838. The number of hydrogen-bond donors (Lipinski definition) is 1. The van der Waals surface area contributed by atoms with Crippen LogP contribution in [0, 0.1) is 0 Å². The third-order valence-electron chi connectivity index (χ3n) is 2.90. The highest BCUT2D eigenvalue weighted by molar-refractivity contribution is 7.13. The van der Waals surface area contributed by atoms with Gasteiger partial charge in [-0.15, -0.1) is 11.3 Å². The average molecular weight is 241 g/mol. The fourth-order valence-electron chi connectivity index (χ4n) is 1.95. The molecule has 0 aromatic carbocycles. The molecule has 1 fully saturated rings. The molecular weight excluding hydrogens is 226 g/mol. The number of nitrogens with zero attached hydrogens (tertiary/aromatic N) is 2. The lowest BCUT2D eigenvalue weighted by Crippen LogP contribution is -2.41. The van der Waals surface area contributed by atoms with E-state index in [0.717, 1.165) is 6.42 Å². The van der Waals surface area contributed by atoms with Crippen LogP contribution < -0.4 is 5.73 Å². The minimum atomic E-state index is -0.0877. The van der Waals surface area contributed by atoms with Crippen molar-refractivity contribution in [1.29, 1.82) is 0 Å². The molecule has 0 spiro atoms. The molecule has 0 radical (unpaired) electrons. The molecule has 2 unspecified atom stereocenters. The summed E-state index contributed by atoms with van der Waals surface area (Å²) in [6.07, 6.45) is 0.966. The van der Waals surface area contributed by atoms with Gasteiger partial charge in [-0.05, 0) is 13.3 Å². The van der Waals surface area contributed by atoms with Crippen LogP contribution in [0.25, 0.3) is 0 Å². The Labute approximate surface area is 98.2 Å². The van der Waals surface area contributed by atoms with Crippen LogP contribution in [0.5, 0.6) is 0 Å². The van der Waals surface area contributed by atoms with Crippen molar-refractivity contribution < 1.29 is 9.53 Å². The number of likely N-dealkylation sites (N-methyl/N-ethyl adjacent to an activating group) is 1. The molecule has 2 atom stereocenters. The maximum atomic E-state index is 12.0. The fourth-order valence-corrected chi connectivity index (χ4v) is 2.48. The second-order valence-electron chi connectivity index (χ2n) is 3.92. The van der Waals surface area contributed by atoms with E-state index in [1.807, 2.05) is 6.92 Å². The normalized spacial score (nSPS) is 24.6. The zero-order valence-electron chi connectivity index (χ0n) is 9.34. The second kappa shape index (κ2) is 4.39. The van der Waals surface area contributed by atoms with E-state index < -0.39 is 0 Å². The molecule has 5 nitrogen and oxygen atoms in total. The summed E-state index contributed by atoms with van der Waals surface area (Å²) in [5.41, 5.74) is 5.93. The summed E-state index contributed by atoms with van der Waals surface area (Å²) >= 11 is 1.28. The van der Waals surface area contributed by atoms with Crippen LogP contribution in [-0.4, -0.2) is 41.6 Å². The zero-order valence-corrected chi connectivity index (χ0v) is 10.2. The zero-order chi connectivity index (χ0) is 11.7. The molecule has 1 amide bonds. The van der Waals surface area contributed by atoms with E-state index in [1.54, 1.807) is 17.3 Å². The molecule has 0 bridgehead atoms. The predicted octanol–water partition coefficient (Wildman–Crippen LogP) is 0.975. The Bertz CT molecular complexity index is 393. The van der Waals surface area contributed by atoms with Crippen molar-refractivity contribution in [2.45, 2.75) is 25.5 Å². The van der Waals surface area contributed by atoms with Crippen LogP contribution in [0.1, 0.15) is 23.8 Å². The number of aromatic nitrogens is 1. The largest absolute Gasteiger partial charge is 0.376 e. The van der Waals surface area contributed by atoms with Crippen LogP contribution >= 0.6 is 11.3 Å². The maximum absolute atomic E-state index is 12.0. The average Bonchev–Trinajstić information content (AvgIpc) is 2.85. The van der Waals surface area contributed by atoms with Crippen molar-refractivity contribution in [3.8, 4) is 0 Å². The highest BCUT2D eigenvalue weighted by Gasteiger charge is 2.31. The molecule has 6 heteroatoms. The minimum Gasteiger partial charge on any atom is -0.376 e. The van der Waals surface area contributed by atoms with E-state index in [0.29, 0.717) is 17.4 Å². The molecule has 0 saturated carbocycles. The minimum absolute atomic E-state index is 0.0877. The van der Waals surface area contributed by atoms with Gasteiger partial charge in [0.1, 0.15) is 5.69 Å². The molecule has 2 rings (SSSR count). The highest BCUT2D eigenvalue weighted by atomic mass is 32.1. The summed E-state index contributed by atoms with van der Waals surface area (Å²) < 4.78 is 5.44. The van der Waals surface area contributed by atoms with E-state index in [-0.39, 0.29) is 18.1 Å². The molecule has 1 aliphatic heterocycles. The lowest BCUT2D eigenvalue weighted by atomic mass is 10.1. The maximum Gasteiger partial charge on any atom is 0.273 e. The van der Waals surface area contributed by atoms with Gasteiger partial charge in [-0.3, -0.25) is 4.79 Å². The summed E-state index contributed by atoms with van der Waals surface area (Å²) in [5.74, 6) is -0.0877. The fraction of sp³-hybridized carbons (Fsp3) is 0.600. The molecule has 1 aliphatic rings. The summed E-state index contributed by atoms with van der Waals surface area (Å²) in [5, 5.41) is 2.11. The number of rotatable bonds is 2. The van der Waals surface area contributed by atoms with Crippen LogP contribution in [-0.2, 0) is 4.74 Å². The number of nitrogens with two attached hydrogens (primary N) is 1. The van der Waals surface area contributed by atoms with Gasteiger partial charge in [0.25, 0.3) is 5.91 Å². The molecule has 0 aliphatic carbocycles. The molecule has 88 valence electrons. The van der Waals surface area contributed by atoms with Crippen LogP contribution in [0.2, 0.25) is 0 Å². The van der Waals surface area contributed by atoms with E-state index in [9.17, 15) is 4.79 Å². The molecule has 1 aromatic rings. The predicted molar refractivity (Wildman–Crippen MR) is 62.4 cm³/mol. The van der Waals surface area contributed by atoms with Crippen LogP contribution in [0.4, 0.5) is 5.13 Å². The summed E-state index contributed by atoms with van der Waals surface area (Å²) in [6.45, 7) is 2.69. The van der Waals surface area contributed by atoms with Crippen molar-refractivity contribution in [3.05, 3.63) is 11.1 Å². The van der Waals surface area contributed by atoms with Crippen molar-refractivity contribution >= 4 is 22.4 Å². The third kappa shape index (κ3) is 2.03. The number of anilines is 1. The number of amides is 1. The lowest BCUT2D eigenvalue weighted by molar-refractivity contribution is 0.0570. The molecule has 1 saturated heterocycles. The monoisotopic (exact) mass is 241 g/mol. The van der Waals surface area contributed by atoms with Gasteiger partial charge < -0.3 is 15.4 Å². The number of hydrogen-bond acceptors (Lipinski definition) is 5. The van der Waals surface area contributed by atoms with E-state index >= 15 is 0 Å². The van der Waals surface area contributed by atoms with Crippen molar-refractivity contribution in [1.82, 2.24) is 9.88 Å². The number of ether oxygens (including phenoxy) is 1. The molecule has 1 aromatic heterocycles. The Hall–Kier alpha value is -1.14. The van der Waals surface area contributed by atoms with E-state index in [4.69, 9.17) is 10.5 Å². The summed E-state index contributed by atoms with van der Waals surface area (Å²) in [4.78, 5) is 17.7. The Morgan fingerprint density at radius 1 is 1.75 bits per heavy atom. The van der Waals surface area contributed by atoms with Gasteiger partial charge in [-0.25, -0.2) is 4.98 Å². The molecular formula is C10H15N3O2S. The van der Waals surface area contributed by atoms with Gasteiger partial charge >= 0.3 is 0 Å². The Balaban J connectivity index is 2.10. The first-order valence-electron chi connectivity index (χ1n) is 5.19. The van der Waals surface area contributed by atoms with E-state index in [2.05, 4.69) is 4.98 Å². The topological polar surface area (TPSA) is 68.5 Å². The first-order valence-corrected chi connectivity index (χ1v) is 6.07. The Morgan fingerprint density at radius 2 is 2.50 bits per heavy atom. The Kier molecular flexibility index (Phi) is 3.11. The van der Waals surface area contributed by atoms with Gasteiger partial charge in [0.15, 0.2) is 5.13 Å². The van der Waals surface area contributed by atoms with E-state index in [1.165, 1.54) is 11.3 Å². The third-order valence-corrected chi connectivity index (χ3v) is 3.57. The van der Waals surface area contributed by atoms with Gasteiger partial charge in [-0.2, -0.15) is 0 Å². The van der Waals surface area contributed by atoms with Gasteiger partial charge in [0, 0.05) is 19.0 Å². The molecule has 16 heavy (non-hydrogen) atoms. The number of nitrogen functional groups attached to an aromatic ring is 1. The standard InChI is InChI=1S/C10H15N3O2S/c1-6-8(3-4-15-6)13(2)9(14)7-5-16-10(11)12-7/h5-6,8H,3-4H2,1-2H3,(H2,11,12). The first kappa shape index (κ1) is 11.3. The summed E-state index contributed by atoms with van der Waals surface area (Å²) in [6, 6.07) is 0.135. The highest BCUT2D eigenvalue weighted by Crippen LogP contribution is 2.21. The number of thiazole rings is 1. The van der Waals surface area contributed by atoms with Gasteiger partial charge in [0.05, 0.1) is 12.1 Å². The van der Waals surface area contributed by atoms with Crippen molar-refractivity contribution in [2.24, 2.45) is 0 Å². The van der Waals surface area contributed by atoms with Gasteiger partial charge in [0.2, 0.25) is 0 Å². The van der Waals surface area contributed by atoms with Crippen molar-refractivity contribution in [3.63, 3.8) is 0 Å². The second-order valence-corrected chi connectivity index (χ2v) is 4.81. The SMILES string of the molecule is CC1OCCC1N(C)C(=O)c1csc(N)n1. The first-order chi connectivity index (χ1) is 7.59. The van der Waals surface area contributed by atoms with Gasteiger partial charge in [-0.1, -0.05) is 0 Å². The van der Waals surface area contributed by atoms with Crippen LogP contribution in [0.3, 0.4) is 0 Å².